The molecule has 1 atom stereocenters. The SMILES string of the molecule is Cc1ccccc1OCC(=O)N[C@@H](CC(C)C)C(=O)N/N=C\c1ccc(C(=O)O)cc1. The molecule has 2 rings (SSSR count). The summed E-state index contributed by atoms with van der Waals surface area (Å²) in [6.07, 6.45) is 1.84. The Hall–Kier alpha value is -3.68. The third-order valence-corrected chi connectivity index (χ3v) is 4.36. The van der Waals surface area contributed by atoms with E-state index >= 15 is 0 Å². The summed E-state index contributed by atoms with van der Waals surface area (Å²) >= 11 is 0. The predicted octanol–water partition coefficient (Wildman–Crippen LogP) is 2.75. The normalized spacial score (nSPS) is 11.9. The second-order valence-corrected chi connectivity index (χ2v) is 7.47. The molecule has 8 heteroatoms. The lowest BCUT2D eigenvalue weighted by Gasteiger charge is -2.19. The van der Waals surface area contributed by atoms with Crippen LogP contribution in [-0.2, 0) is 9.59 Å². The molecule has 8 nitrogen and oxygen atoms in total. The van der Waals surface area contributed by atoms with Gasteiger partial charge in [0.05, 0.1) is 11.8 Å². The van der Waals surface area contributed by atoms with Crippen LogP contribution in [0.2, 0.25) is 0 Å². The summed E-state index contributed by atoms with van der Waals surface area (Å²) in [4.78, 5) is 35.7. The number of benzene rings is 2. The minimum absolute atomic E-state index is 0.161. The first-order valence-electron chi connectivity index (χ1n) is 9.90. The third-order valence-electron chi connectivity index (χ3n) is 4.36. The van der Waals surface area contributed by atoms with E-state index in [4.69, 9.17) is 9.84 Å². The highest BCUT2D eigenvalue weighted by Crippen LogP contribution is 2.15. The zero-order chi connectivity index (χ0) is 22.8. The van der Waals surface area contributed by atoms with Crippen LogP contribution in [0, 0.1) is 12.8 Å². The van der Waals surface area contributed by atoms with Gasteiger partial charge in [-0.3, -0.25) is 9.59 Å². The number of ether oxygens (including phenoxy) is 1. The number of hydrogen-bond acceptors (Lipinski definition) is 5. The lowest BCUT2D eigenvalue weighted by Crippen LogP contribution is -2.47. The average Bonchev–Trinajstić information content (AvgIpc) is 2.72. The molecule has 0 aliphatic carbocycles. The Bertz CT molecular complexity index is 938. The van der Waals surface area contributed by atoms with E-state index in [1.165, 1.54) is 18.3 Å². The van der Waals surface area contributed by atoms with Crippen molar-refractivity contribution >= 4 is 24.0 Å². The quantitative estimate of drug-likeness (QED) is 0.400. The third kappa shape index (κ3) is 7.93. The molecule has 0 fully saturated rings. The van der Waals surface area contributed by atoms with Gasteiger partial charge < -0.3 is 15.2 Å². The molecule has 0 heterocycles. The van der Waals surface area contributed by atoms with Gasteiger partial charge in [-0.1, -0.05) is 44.2 Å². The van der Waals surface area contributed by atoms with Crippen LogP contribution < -0.4 is 15.5 Å². The molecule has 2 aromatic carbocycles. The number of carboxylic acids is 1. The van der Waals surface area contributed by atoms with Gasteiger partial charge in [-0.15, -0.1) is 0 Å². The zero-order valence-electron chi connectivity index (χ0n) is 17.8. The first-order valence-corrected chi connectivity index (χ1v) is 9.90. The number of hydrazone groups is 1. The van der Waals surface area contributed by atoms with Crippen molar-refractivity contribution in [3.8, 4) is 5.75 Å². The van der Waals surface area contributed by atoms with Crippen molar-refractivity contribution in [3.63, 3.8) is 0 Å². The number of rotatable bonds is 10. The molecule has 0 spiro atoms. The average molecular weight is 425 g/mol. The van der Waals surface area contributed by atoms with Crippen molar-refractivity contribution in [2.24, 2.45) is 11.0 Å². The molecule has 3 N–H and O–H groups in total. The number of nitrogens with zero attached hydrogens (tertiary/aromatic N) is 1. The second-order valence-electron chi connectivity index (χ2n) is 7.47. The number of hydrogen-bond donors (Lipinski definition) is 3. The Balaban J connectivity index is 1.92. The number of carbonyl (C=O) groups is 3. The van der Waals surface area contributed by atoms with E-state index in [1.54, 1.807) is 18.2 Å². The molecule has 31 heavy (non-hydrogen) atoms. The molecule has 0 aromatic heterocycles. The molecular weight excluding hydrogens is 398 g/mol. The van der Waals surface area contributed by atoms with Crippen LogP contribution >= 0.6 is 0 Å². The van der Waals surface area contributed by atoms with Crippen molar-refractivity contribution < 1.29 is 24.2 Å². The van der Waals surface area contributed by atoms with Gasteiger partial charge in [0.15, 0.2) is 6.61 Å². The van der Waals surface area contributed by atoms with E-state index in [1.807, 2.05) is 39.0 Å². The molecule has 2 aromatic rings. The number of amides is 2. The van der Waals surface area contributed by atoms with Gasteiger partial charge >= 0.3 is 5.97 Å². The molecule has 2 amide bonds. The Labute approximate surface area is 181 Å². The second kappa shape index (κ2) is 11.5. The van der Waals surface area contributed by atoms with Gasteiger partial charge in [0.25, 0.3) is 11.8 Å². The number of nitrogens with one attached hydrogen (secondary N) is 2. The monoisotopic (exact) mass is 425 g/mol. The highest BCUT2D eigenvalue weighted by molar-refractivity contribution is 5.90. The maximum absolute atomic E-state index is 12.5. The number of para-hydroxylation sites is 1. The van der Waals surface area contributed by atoms with Crippen molar-refractivity contribution in [3.05, 3.63) is 65.2 Å². The fraction of sp³-hybridized carbons (Fsp3) is 0.304. The molecule has 0 saturated heterocycles. The minimum Gasteiger partial charge on any atom is -0.484 e. The van der Waals surface area contributed by atoms with Crippen LogP contribution in [0.1, 0.15) is 41.8 Å². The Morgan fingerprint density at radius 2 is 1.77 bits per heavy atom. The lowest BCUT2D eigenvalue weighted by atomic mass is 10.0. The molecule has 0 aliphatic heterocycles. The van der Waals surface area contributed by atoms with Crippen molar-refractivity contribution in [2.75, 3.05) is 6.61 Å². The summed E-state index contributed by atoms with van der Waals surface area (Å²) < 4.78 is 5.53. The van der Waals surface area contributed by atoms with Crippen LogP contribution in [0.3, 0.4) is 0 Å². The van der Waals surface area contributed by atoms with E-state index in [0.717, 1.165) is 5.56 Å². The number of carbonyl (C=O) groups excluding carboxylic acids is 2. The Morgan fingerprint density at radius 1 is 1.10 bits per heavy atom. The van der Waals surface area contributed by atoms with Gasteiger partial charge in [-0.2, -0.15) is 5.10 Å². The standard InChI is InChI=1S/C23H27N3O5/c1-15(2)12-19(25-21(27)14-31-20-7-5-4-6-16(20)3)22(28)26-24-13-17-8-10-18(11-9-17)23(29)30/h4-11,13,15,19H,12,14H2,1-3H3,(H,25,27)(H,26,28)(H,29,30)/b24-13-/t19-/m0/s1. The smallest absolute Gasteiger partial charge is 0.335 e. The highest BCUT2D eigenvalue weighted by atomic mass is 16.5. The van der Waals surface area contributed by atoms with Crippen LogP contribution in [0.15, 0.2) is 53.6 Å². The molecule has 164 valence electrons. The summed E-state index contributed by atoms with van der Waals surface area (Å²) in [5.41, 5.74) is 4.12. The van der Waals surface area contributed by atoms with E-state index in [-0.39, 0.29) is 18.1 Å². The largest absolute Gasteiger partial charge is 0.484 e. The predicted molar refractivity (Wildman–Crippen MR) is 117 cm³/mol. The number of carboxylic acid groups (broad SMARTS) is 1. The minimum atomic E-state index is -1.02. The molecule has 0 unspecified atom stereocenters. The summed E-state index contributed by atoms with van der Waals surface area (Å²) in [6.45, 7) is 5.58. The molecule has 0 radical (unpaired) electrons. The summed E-state index contributed by atoms with van der Waals surface area (Å²) in [6, 6.07) is 12.6. The van der Waals surface area contributed by atoms with Crippen LogP contribution in [0.5, 0.6) is 5.75 Å². The lowest BCUT2D eigenvalue weighted by molar-refractivity contribution is -0.130. The topological polar surface area (TPSA) is 117 Å². The van der Waals surface area contributed by atoms with Crippen LogP contribution in [-0.4, -0.2) is 41.8 Å². The maximum Gasteiger partial charge on any atom is 0.335 e. The van der Waals surface area contributed by atoms with Gasteiger partial charge in [-0.25, -0.2) is 10.2 Å². The van der Waals surface area contributed by atoms with E-state index in [2.05, 4.69) is 15.8 Å². The zero-order valence-corrected chi connectivity index (χ0v) is 17.8. The number of aromatic carboxylic acids is 1. The highest BCUT2D eigenvalue weighted by Gasteiger charge is 2.22. The summed E-state index contributed by atoms with van der Waals surface area (Å²) in [5.74, 6) is -1.09. The van der Waals surface area contributed by atoms with Gasteiger partial charge in [-0.05, 0) is 48.6 Å². The van der Waals surface area contributed by atoms with Gasteiger partial charge in [0, 0.05) is 0 Å². The van der Waals surface area contributed by atoms with Crippen LogP contribution in [0.25, 0.3) is 0 Å². The maximum atomic E-state index is 12.5. The summed E-state index contributed by atoms with van der Waals surface area (Å²) in [7, 11) is 0. The van der Waals surface area contributed by atoms with E-state index < -0.39 is 23.8 Å². The van der Waals surface area contributed by atoms with Crippen LogP contribution in [0.4, 0.5) is 0 Å². The fourth-order valence-electron chi connectivity index (χ4n) is 2.76. The Morgan fingerprint density at radius 3 is 2.39 bits per heavy atom. The first-order chi connectivity index (χ1) is 14.8. The van der Waals surface area contributed by atoms with Gasteiger partial charge in [0.2, 0.25) is 0 Å². The fourth-order valence-corrected chi connectivity index (χ4v) is 2.76. The van der Waals surface area contributed by atoms with Crippen molar-refractivity contribution in [1.29, 1.82) is 0 Å². The molecule has 0 saturated carbocycles. The van der Waals surface area contributed by atoms with E-state index in [9.17, 15) is 14.4 Å². The number of aryl methyl sites for hydroxylation is 1. The van der Waals surface area contributed by atoms with Gasteiger partial charge in [0.1, 0.15) is 11.8 Å². The first kappa shape index (κ1) is 23.6. The molecule has 0 bridgehead atoms. The molecule has 0 aliphatic rings. The van der Waals surface area contributed by atoms with Crippen molar-refractivity contribution in [1.82, 2.24) is 10.7 Å². The Kier molecular flexibility index (Phi) is 8.75. The summed E-state index contributed by atoms with van der Waals surface area (Å²) in [5, 5.41) is 15.5. The van der Waals surface area contributed by atoms with Crippen molar-refractivity contribution in [2.45, 2.75) is 33.2 Å². The molecular formula is C23H27N3O5. The van der Waals surface area contributed by atoms with E-state index in [0.29, 0.717) is 17.7 Å².